The molecule has 3 atom stereocenters. The zero-order valence-corrected chi connectivity index (χ0v) is 23.6. The fourth-order valence-electron chi connectivity index (χ4n) is 5.53. The van der Waals surface area contributed by atoms with Crippen molar-refractivity contribution in [2.75, 3.05) is 12.4 Å². The van der Waals surface area contributed by atoms with Crippen molar-refractivity contribution >= 4 is 40.2 Å². The maximum absolute atomic E-state index is 13.5. The first-order chi connectivity index (χ1) is 19.1. The number of para-hydroxylation sites is 1. The Morgan fingerprint density at radius 1 is 1.03 bits per heavy atom. The van der Waals surface area contributed by atoms with E-state index in [9.17, 15) is 4.39 Å². The summed E-state index contributed by atoms with van der Waals surface area (Å²) in [7, 11) is 1.61. The van der Waals surface area contributed by atoms with Crippen LogP contribution in [0.5, 0.6) is 11.5 Å². The van der Waals surface area contributed by atoms with Gasteiger partial charge in [0.2, 0.25) is 0 Å². The van der Waals surface area contributed by atoms with Crippen LogP contribution in [0.25, 0.3) is 0 Å². The second kappa shape index (κ2) is 11.2. The molecule has 0 unspecified atom stereocenters. The number of allylic oxidation sites excluding steroid dienone is 2. The fourth-order valence-corrected chi connectivity index (χ4v) is 6.31. The second-order valence-electron chi connectivity index (χ2n) is 9.87. The molecule has 39 heavy (non-hydrogen) atoms. The minimum absolute atomic E-state index is 0.253. The van der Waals surface area contributed by atoms with E-state index in [1.165, 1.54) is 28.9 Å². The molecule has 196 valence electrons. The molecule has 0 fully saturated rings. The van der Waals surface area contributed by atoms with Crippen molar-refractivity contribution in [1.29, 1.82) is 0 Å². The Morgan fingerprint density at radius 2 is 1.87 bits per heavy atom. The monoisotopic (exact) mass is 630 g/mol. The van der Waals surface area contributed by atoms with Crippen molar-refractivity contribution in [3.8, 4) is 11.5 Å². The first kappa shape index (κ1) is 25.6. The lowest BCUT2D eigenvalue weighted by molar-refractivity contribution is 0.282. The molecule has 1 aliphatic carbocycles. The predicted molar refractivity (Wildman–Crippen MR) is 163 cm³/mol. The van der Waals surface area contributed by atoms with Gasteiger partial charge < -0.3 is 14.8 Å². The van der Waals surface area contributed by atoms with Gasteiger partial charge in [-0.05, 0) is 99.6 Å². The lowest BCUT2D eigenvalue weighted by atomic mass is 9.77. The van der Waals surface area contributed by atoms with Gasteiger partial charge in [-0.25, -0.2) is 4.39 Å². The summed E-state index contributed by atoms with van der Waals surface area (Å²) < 4.78 is 26.0. The van der Waals surface area contributed by atoms with E-state index in [0.29, 0.717) is 23.3 Å². The third-order valence-electron chi connectivity index (χ3n) is 7.41. The Balaban J connectivity index is 1.17. The Bertz CT molecular complexity index is 1550. The number of anilines is 1. The topological polar surface area (TPSA) is 42.8 Å². The van der Waals surface area contributed by atoms with E-state index >= 15 is 0 Å². The maximum Gasteiger partial charge on any atom is 0.174 e. The van der Waals surface area contributed by atoms with Gasteiger partial charge in [0.25, 0.3) is 0 Å². The third-order valence-corrected chi connectivity index (χ3v) is 8.21. The largest absolute Gasteiger partial charge is 0.493 e. The summed E-state index contributed by atoms with van der Waals surface area (Å²) in [5.74, 6) is 1.94. The molecule has 0 bridgehead atoms. The fraction of sp³-hybridized carbons (Fsp3) is 0.182. The van der Waals surface area contributed by atoms with Gasteiger partial charge in [0.05, 0.1) is 22.4 Å². The van der Waals surface area contributed by atoms with Crippen LogP contribution in [0.15, 0.2) is 102 Å². The zero-order chi connectivity index (χ0) is 26.8. The van der Waals surface area contributed by atoms with Crippen LogP contribution in [0.4, 0.5) is 15.8 Å². The zero-order valence-electron chi connectivity index (χ0n) is 21.5. The van der Waals surface area contributed by atoms with Crippen LogP contribution in [0.1, 0.15) is 40.6 Å². The first-order valence-corrected chi connectivity index (χ1v) is 14.1. The molecule has 0 saturated carbocycles. The van der Waals surface area contributed by atoms with Gasteiger partial charge in [-0.2, -0.15) is 0 Å². The van der Waals surface area contributed by atoms with Crippen LogP contribution in [0, 0.1) is 15.3 Å². The Labute approximate surface area is 241 Å². The Kier molecular flexibility index (Phi) is 7.37. The highest BCUT2D eigenvalue weighted by atomic mass is 127. The highest BCUT2D eigenvalue weighted by Crippen LogP contribution is 2.49. The summed E-state index contributed by atoms with van der Waals surface area (Å²) in [6.45, 7) is 0.253. The lowest BCUT2D eigenvalue weighted by Gasteiger charge is -2.37. The molecule has 0 amide bonds. The minimum Gasteiger partial charge on any atom is -0.493 e. The van der Waals surface area contributed by atoms with Crippen LogP contribution in [-0.4, -0.2) is 13.3 Å². The van der Waals surface area contributed by atoms with Crippen molar-refractivity contribution < 1.29 is 13.9 Å². The molecule has 1 heterocycles. The molecule has 0 saturated heterocycles. The normalized spacial score (nSPS) is 19.4. The van der Waals surface area contributed by atoms with Crippen molar-refractivity contribution in [3.63, 3.8) is 0 Å². The van der Waals surface area contributed by atoms with E-state index in [-0.39, 0.29) is 18.5 Å². The van der Waals surface area contributed by atoms with Crippen molar-refractivity contribution in [2.45, 2.75) is 25.0 Å². The average molecular weight is 631 g/mol. The smallest absolute Gasteiger partial charge is 0.174 e. The molecule has 0 spiro atoms. The number of benzene rings is 4. The SMILES string of the molecule is COc1cc(C=Nc2ccc([C@@H]3Nc4ccccc4[C@@H]4C=CC[C@H]43)cc2)cc(I)c1OCc1cccc(F)c1. The number of ether oxygens (including phenoxy) is 2. The number of nitrogens with one attached hydrogen (secondary N) is 1. The summed E-state index contributed by atoms with van der Waals surface area (Å²) in [4.78, 5) is 4.72. The van der Waals surface area contributed by atoms with Crippen molar-refractivity contribution in [2.24, 2.45) is 10.9 Å². The molecule has 1 aliphatic heterocycles. The van der Waals surface area contributed by atoms with E-state index in [2.05, 4.69) is 88.6 Å². The van der Waals surface area contributed by atoms with Crippen molar-refractivity contribution in [1.82, 2.24) is 0 Å². The summed E-state index contributed by atoms with van der Waals surface area (Å²) in [6, 6.07) is 27.7. The summed E-state index contributed by atoms with van der Waals surface area (Å²) in [5.41, 5.74) is 6.45. The van der Waals surface area contributed by atoms with Crippen LogP contribution in [0.3, 0.4) is 0 Å². The number of hydrogen-bond acceptors (Lipinski definition) is 4. The molecular formula is C33H28FIN2O2. The molecule has 0 radical (unpaired) electrons. The van der Waals surface area contributed by atoms with Gasteiger partial charge >= 0.3 is 0 Å². The highest BCUT2D eigenvalue weighted by molar-refractivity contribution is 14.1. The average Bonchev–Trinajstić information content (AvgIpc) is 3.46. The van der Waals surface area contributed by atoms with E-state index < -0.39 is 0 Å². The van der Waals surface area contributed by atoms with Crippen LogP contribution < -0.4 is 14.8 Å². The number of rotatable bonds is 7. The maximum atomic E-state index is 13.5. The Morgan fingerprint density at radius 3 is 2.69 bits per heavy atom. The van der Waals surface area contributed by atoms with E-state index in [0.717, 1.165) is 26.8 Å². The van der Waals surface area contributed by atoms with Gasteiger partial charge in [-0.3, -0.25) is 4.99 Å². The van der Waals surface area contributed by atoms with E-state index in [1.807, 2.05) is 24.4 Å². The number of halogens is 2. The number of hydrogen-bond donors (Lipinski definition) is 1. The van der Waals surface area contributed by atoms with E-state index in [1.54, 1.807) is 13.2 Å². The summed E-state index contributed by atoms with van der Waals surface area (Å²) >= 11 is 2.23. The Hall–Kier alpha value is -3.65. The van der Waals surface area contributed by atoms with Crippen LogP contribution >= 0.6 is 22.6 Å². The van der Waals surface area contributed by atoms with Gasteiger partial charge in [0.1, 0.15) is 12.4 Å². The quantitative estimate of drug-likeness (QED) is 0.126. The molecule has 4 aromatic carbocycles. The van der Waals surface area contributed by atoms with Gasteiger partial charge in [0, 0.05) is 17.8 Å². The summed E-state index contributed by atoms with van der Waals surface area (Å²) in [5, 5.41) is 3.79. The molecule has 4 aromatic rings. The number of methoxy groups -OCH3 is 1. The molecule has 6 heteroatoms. The predicted octanol–water partition coefficient (Wildman–Crippen LogP) is 8.60. The molecule has 4 nitrogen and oxygen atoms in total. The minimum atomic E-state index is -0.280. The number of nitrogens with zero attached hydrogens (tertiary/aromatic N) is 1. The number of fused-ring (bicyclic) bond motifs is 3. The highest BCUT2D eigenvalue weighted by Gasteiger charge is 2.37. The molecule has 1 N–H and O–H groups in total. The lowest BCUT2D eigenvalue weighted by Crippen LogP contribution is -2.28. The van der Waals surface area contributed by atoms with Gasteiger partial charge in [-0.1, -0.05) is 54.6 Å². The van der Waals surface area contributed by atoms with E-state index in [4.69, 9.17) is 14.5 Å². The molecule has 6 rings (SSSR count). The van der Waals surface area contributed by atoms with Gasteiger partial charge in [-0.15, -0.1) is 0 Å². The third kappa shape index (κ3) is 5.43. The molecular weight excluding hydrogens is 602 g/mol. The summed E-state index contributed by atoms with van der Waals surface area (Å²) in [6.07, 6.45) is 7.60. The van der Waals surface area contributed by atoms with Crippen molar-refractivity contribution in [3.05, 3.63) is 129 Å². The first-order valence-electron chi connectivity index (χ1n) is 13.0. The second-order valence-corrected chi connectivity index (χ2v) is 11.0. The standard InChI is InChI=1S/C33H28FIN2O2/c1-38-31-18-22(17-29(35)33(31)39-20-21-6-4-7-24(34)16-21)19-36-25-14-12-23(13-15-25)32-28-10-5-9-26(28)27-8-2-3-11-30(27)37-32/h2-9,11-19,26,28,32,37H,10,20H2,1H3/t26-,28+,32-/m0/s1. The van der Waals surface area contributed by atoms with Crippen LogP contribution in [0.2, 0.25) is 0 Å². The van der Waals surface area contributed by atoms with Crippen LogP contribution in [-0.2, 0) is 6.61 Å². The number of aliphatic imine (C=N–C) groups is 1. The molecule has 0 aromatic heterocycles. The molecule has 2 aliphatic rings. The van der Waals surface area contributed by atoms with Gasteiger partial charge in [0.15, 0.2) is 11.5 Å².